The van der Waals surface area contributed by atoms with Crippen LogP contribution in [0.5, 0.6) is 0 Å². The summed E-state index contributed by atoms with van der Waals surface area (Å²) in [6, 6.07) is 11.3. The summed E-state index contributed by atoms with van der Waals surface area (Å²) in [5.74, 6) is -3.12. The SMILES string of the molecule is CC(C)=O.Cc1cc2c(-c3cccc(/C=C/C(=O)O)c3)c(CC(=O)Nc3ccc(F)cc3C(F)(F)F)c(=O)oc2cc1Cl. The topological polar surface area (TPSA) is 114 Å². The van der Waals surface area contributed by atoms with Crippen molar-refractivity contribution in [2.45, 2.75) is 33.4 Å². The molecular formula is C31H24ClF4NO6. The van der Waals surface area contributed by atoms with Gasteiger partial charge in [0.2, 0.25) is 5.91 Å². The summed E-state index contributed by atoms with van der Waals surface area (Å²) in [5, 5.41) is 11.8. The Kier molecular flexibility index (Phi) is 10.3. The van der Waals surface area contributed by atoms with Gasteiger partial charge in [0.1, 0.15) is 17.2 Å². The molecule has 12 heteroatoms. The largest absolute Gasteiger partial charge is 0.478 e. The summed E-state index contributed by atoms with van der Waals surface area (Å²) in [6.45, 7) is 4.77. The third-order valence-electron chi connectivity index (χ3n) is 5.77. The summed E-state index contributed by atoms with van der Waals surface area (Å²) in [4.78, 5) is 46.4. The minimum Gasteiger partial charge on any atom is -0.478 e. The van der Waals surface area contributed by atoms with E-state index in [-0.39, 0.29) is 28.6 Å². The summed E-state index contributed by atoms with van der Waals surface area (Å²) in [6.07, 6.45) is -3.37. The van der Waals surface area contributed by atoms with Gasteiger partial charge in [0.15, 0.2) is 0 Å². The Labute approximate surface area is 247 Å². The van der Waals surface area contributed by atoms with Gasteiger partial charge in [0, 0.05) is 28.1 Å². The number of benzene rings is 3. The molecule has 2 N–H and O–H groups in total. The van der Waals surface area contributed by atoms with E-state index in [9.17, 15) is 36.7 Å². The molecular weight excluding hydrogens is 594 g/mol. The van der Waals surface area contributed by atoms with Crippen LogP contribution in [0.1, 0.15) is 36.1 Å². The average molecular weight is 618 g/mol. The van der Waals surface area contributed by atoms with Crippen LogP contribution in [0.3, 0.4) is 0 Å². The fourth-order valence-corrected chi connectivity index (χ4v) is 4.19. The predicted octanol–water partition coefficient (Wildman–Crippen LogP) is 7.45. The molecule has 224 valence electrons. The second kappa shape index (κ2) is 13.5. The molecule has 1 aromatic heterocycles. The maximum Gasteiger partial charge on any atom is 0.418 e. The molecule has 4 aromatic rings. The summed E-state index contributed by atoms with van der Waals surface area (Å²) >= 11 is 6.20. The number of hydrogen-bond acceptors (Lipinski definition) is 5. The quantitative estimate of drug-likeness (QED) is 0.132. The second-order valence-corrected chi connectivity index (χ2v) is 9.87. The average Bonchev–Trinajstić information content (AvgIpc) is 2.89. The van der Waals surface area contributed by atoms with Gasteiger partial charge in [0.05, 0.1) is 23.2 Å². The monoisotopic (exact) mass is 617 g/mol. The highest BCUT2D eigenvalue weighted by atomic mass is 35.5. The minimum atomic E-state index is -4.95. The van der Waals surface area contributed by atoms with Crippen molar-refractivity contribution in [2.24, 2.45) is 0 Å². The summed E-state index contributed by atoms with van der Waals surface area (Å²) in [5.41, 5.74) is -1.25. The van der Waals surface area contributed by atoms with Gasteiger partial charge in [-0.05, 0) is 73.9 Å². The van der Waals surface area contributed by atoms with E-state index in [0.717, 1.165) is 18.2 Å². The van der Waals surface area contributed by atoms with Crippen LogP contribution in [0, 0.1) is 12.7 Å². The zero-order valence-electron chi connectivity index (χ0n) is 22.9. The number of rotatable bonds is 6. The summed E-state index contributed by atoms with van der Waals surface area (Å²) < 4.78 is 59.1. The molecule has 0 fully saturated rings. The van der Waals surface area contributed by atoms with Gasteiger partial charge in [0.25, 0.3) is 0 Å². The Balaban J connectivity index is 0.00000119. The Morgan fingerprint density at radius 1 is 1.05 bits per heavy atom. The van der Waals surface area contributed by atoms with Gasteiger partial charge in [-0.25, -0.2) is 14.0 Å². The van der Waals surface area contributed by atoms with E-state index in [4.69, 9.17) is 21.1 Å². The van der Waals surface area contributed by atoms with E-state index in [0.29, 0.717) is 27.1 Å². The molecule has 7 nitrogen and oxygen atoms in total. The predicted molar refractivity (Wildman–Crippen MR) is 154 cm³/mol. The van der Waals surface area contributed by atoms with Gasteiger partial charge in [-0.3, -0.25) is 4.79 Å². The van der Waals surface area contributed by atoms with Crippen LogP contribution in [0.25, 0.3) is 28.2 Å². The van der Waals surface area contributed by atoms with Gasteiger partial charge in [-0.2, -0.15) is 13.2 Å². The summed E-state index contributed by atoms with van der Waals surface area (Å²) in [7, 11) is 0. The highest BCUT2D eigenvalue weighted by molar-refractivity contribution is 6.32. The molecule has 0 aliphatic rings. The maximum atomic E-state index is 13.5. The number of alkyl halides is 3. The number of nitrogens with one attached hydrogen (secondary N) is 1. The highest BCUT2D eigenvalue weighted by Crippen LogP contribution is 2.37. The van der Waals surface area contributed by atoms with Crippen LogP contribution in [0.4, 0.5) is 23.2 Å². The number of aryl methyl sites for hydroxylation is 1. The number of carbonyl (C=O) groups is 3. The third-order valence-corrected chi connectivity index (χ3v) is 6.18. The first-order valence-corrected chi connectivity index (χ1v) is 12.9. The number of Topliss-reactive ketones (excluding diaryl/α,β-unsaturated/α-hetero) is 1. The molecule has 0 saturated carbocycles. The maximum absolute atomic E-state index is 13.5. The number of hydrogen-bond donors (Lipinski definition) is 2. The molecule has 1 heterocycles. The van der Waals surface area contributed by atoms with Crippen LogP contribution in [-0.4, -0.2) is 22.8 Å². The van der Waals surface area contributed by atoms with Crippen molar-refractivity contribution in [3.63, 3.8) is 0 Å². The van der Waals surface area contributed by atoms with Crippen molar-refractivity contribution >= 4 is 52.0 Å². The lowest BCUT2D eigenvalue weighted by Crippen LogP contribution is -2.22. The van der Waals surface area contributed by atoms with E-state index < -0.39 is 47.2 Å². The van der Waals surface area contributed by atoms with E-state index in [1.807, 2.05) is 0 Å². The van der Waals surface area contributed by atoms with Crippen LogP contribution in [0.2, 0.25) is 5.02 Å². The molecule has 0 atom stereocenters. The smallest absolute Gasteiger partial charge is 0.418 e. The van der Waals surface area contributed by atoms with Crippen LogP contribution < -0.4 is 10.9 Å². The standard InChI is InChI=1S/C28H18ClF4NO5.C3H6O/c1-14-9-18-23(13-21(14)29)39-27(38)19(26(18)16-4-2-3-15(10-16)5-8-25(36)37)12-24(35)34-22-7-6-17(30)11-20(22)28(31,32)33;1-3(2)4/h2-11,13H,12H2,1H3,(H,34,35)(H,36,37);1-2H3/b8-5+;. The number of carbonyl (C=O) groups excluding carboxylic acids is 2. The molecule has 0 aliphatic carbocycles. The number of aliphatic carboxylic acids is 1. The number of carboxylic acids is 1. The van der Waals surface area contributed by atoms with Crippen LogP contribution in [-0.2, 0) is 27.0 Å². The first-order chi connectivity index (χ1) is 20.1. The molecule has 0 radical (unpaired) electrons. The van der Waals surface area contributed by atoms with E-state index in [1.54, 1.807) is 37.3 Å². The van der Waals surface area contributed by atoms with E-state index >= 15 is 0 Å². The lowest BCUT2D eigenvalue weighted by Gasteiger charge is -2.16. The first kappa shape index (κ1) is 32.7. The Hall–Kier alpha value is -4.77. The Morgan fingerprint density at radius 2 is 1.72 bits per heavy atom. The van der Waals surface area contributed by atoms with Gasteiger partial charge in [-0.15, -0.1) is 0 Å². The molecule has 1 amide bonds. The lowest BCUT2D eigenvalue weighted by atomic mass is 9.93. The third kappa shape index (κ3) is 8.62. The van der Waals surface area contributed by atoms with E-state index in [2.05, 4.69) is 5.32 Å². The lowest BCUT2D eigenvalue weighted by molar-refractivity contribution is -0.137. The fraction of sp³-hybridized carbons (Fsp3) is 0.161. The van der Waals surface area contributed by atoms with E-state index in [1.165, 1.54) is 26.0 Å². The van der Waals surface area contributed by atoms with Crippen molar-refractivity contribution in [3.8, 4) is 11.1 Å². The number of halogens is 5. The molecule has 0 aliphatic heterocycles. The number of ketones is 1. The van der Waals surface area contributed by atoms with Crippen molar-refractivity contribution in [2.75, 3.05) is 5.32 Å². The highest BCUT2D eigenvalue weighted by Gasteiger charge is 2.34. The van der Waals surface area contributed by atoms with Crippen LogP contribution in [0.15, 0.2) is 69.9 Å². The van der Waals surface area contributed by atoms with Crippen molar-refractivity contribution < 1.29 is 41.5 Å². The number of amides is 1. The van der Waals surface area contributed by atoms with Crippen molar-refractivity contribution in [3.05, 3.63) is 104 Å². The molecule has 0 saturated heterocycles. The normalized spacial score (nSPS) is 11.3. The molecule has 0 unspecified atom stereocenters. The molecule has 43 heavy (non-hydrogen) atoms. The zero-order chi connectivity index (χ0) is 32.1. The fourth-order valence-electron chi connectivity index (χ4n) is 4.04. The number of anilines is 1. The molecule has 3 aromatic carbocycles. The zero-order valence-corrected chi connectivity index (χ0v) is 23.7. The van der Waals surface area contributed by atoms with Crippen molar-refractivity contribution in [1.29, 1.82) is 0 Å². The molecule has 0 spiro atoms. The van der Waals surface area contributed by atoms with Gasteiger partial charge >= 0.3 is 17.8 Å². The minimum absolute atomic E-state index is 0.110. The molecule has 0 bridgehead atoms. The van der Waals surface area contributed by atoms with Gasteiger partial charge in [-0.1, -0.05) is 29.8 Å². The van der Waals surface area contributed by atoms with Crippen LogP contribution >= 0.6 is 11.6 Å². The van der Waals surface area contributed by atoms with Gasteiger partial charge < -0.3 is 19.6 Å². The molecule has 4 rings (SSSR count). The second-order valence-electron chi connectivity index (χ2n) is 9.46. The number of carboxylic acid groups (broad SMARTS) is 1. The first-order valence-electron chi connectivity index (χ1n) is 12.5. The Bertz CT molecular complexity index is 1810. The Morgan fingerprint density at radius 3 is 2.35 bits per heavy atom. The number of fused-ring (bicyclic) bond motifs is 1. The van der Waals surface area contributed by atoms with Crippen molar-refractivity contribution in [1.82, 2.24) is 0 Å².